The minimum absolute atomic E-state index is 0.562. The number of nitrogens with two attached hydrogens (primary N) is 1. The Morgan fingerprint density at radius 3 is 2.55 bits per heavy atom. The minimum Gasteiger partial charge on any atom is -0.455 e. The lowest BCUT2D eigenvalue weighted by Crippen LogP contribution is -2.08. The van der Waals surface area contributed by atoms with Crippen LogP contribution in [0.25, 0.3) is 0 Å². The monoisotopic (exact) mass is 331 g/mol. The Bertz CT molecular complexity index is 677. The Morgan fingerprint density at radius 2 is 1.95 bits per heavy atom. The van der Waals surface area contributed by atoms with Crippen LogP contribution in [0, 0.1) is 11.3 Å². The van der Waals surface area contributed by atoms with E-state index >= 15 is 0 Å². The topological polar surface area (TPSA) is 62.3 Å². The molecule has 2 aromatic rings. The van der Waals surface area contributed by atoms with Gasteiger partial charge in [-0.05, 0) is 46.3 Å². The van der Waals surface area contributed by atoms with Crippen molar-refractivity contribution in [3.05, 3.63) is 46.4 Å². The van der Waals surface area contributed by atoms with Gasteiger partial charge in [0.1, 0.15) is 11.8 Å². The van der Waals surface area contributed by atoms with Gasteiger partial charge in [-0.1, -0.05) is 0 Å². The summed E-state index contributed by atoms with van der Waals surface area (Å²) in [6.07, 6.45) is 0. The number of nitrogens with zero attached hydrogens (tertiary/aromatic N) is 2. The number of ether oxygens (including phenoxy) is 1. The molecule has 5 heteroatoms. The molecule has 0 saturated carbocycles. The van der Waals surface area contributed by atoms with Crippen molar-refractivity contribution in [2.45, 2.75) is 0 Å². The Hall–Kier alpha value is -2.19. The van der Waals surface area contributed by atoms with Gasteiger partial charge in [-0.25, -0.2) is 0 Å². The van der Waals surface area contributed by atoms with Crippen molar-refractivity contribution in [1.29, 1.82) is 5.26 Å². The summed E-state index contributed by atoms with van der Waals surface area (Å²) < 4.78 is 6.48. The molecule has 0 aromatic heterocycles. The van der Waals surface area contributed by atoms with Crippen LogP contribution in [-0.2, 0) is 0 Å². The van der Waals surface area contributed by atoms with Gasteiger partial charge in [0.05, 0.1) is 11.3 Å². The van der Waals surface area contributed by atoms with Crippen molar-refractivity contribution in [2.24, 2.45) is 0 Å². The molecule has 2 rings (SSSR count). The highest BCUT2D eigenvalue weighted by atomic mass is 79.9. The van der Waals surface area contributed by atoms with Crippen molar-refractivity contribution in [3.8, 4) is 17.6 Å². The zero-order chi connectivity index (χ0) is 14.7. The Morgan fingerprint density at radius 1 is 1.20 bits per heavy atom. The highest BCUT2D eigenvalue weighted by molar-refractivity contribution is 9.10. The minimum atomic E-state index is 0.562. The summed E-state index contributed by atoms with van der Waals surface area (Å²) in [5.41, 5.74) is 8.05. The van der Waals surface area contributed by atoms with Crippen molar-refractivity contribution >= 4 is 27.3 Å². The van der Waals surface area contributed by atoms with Crippen molar-refractivity contribution in [3.63, 3.8) is 0 Å². The zero-order valence-corrected chi connectivity index (χ0v) is 12.8. The fourth-order valence-corrected chi connectivity index (χ4v) is 2.11. The Labute approximate surface area is 126 Å². The van der Waals surface area contributed by atoms with Crippen molar-refractivity contribution in [2.75, 3.05) is 24.7 Å². The largest absolute Gasteiger partial charge is 0.455 e. The van der Waals surface area contributed by atoms with Crippen LogP contribution in [0.4, 0.5) is 11.4 Å². The van der Waals surface area contributed by atoms with E-state index in [0.717, 1.165) is 5.69 Å². The van der Waals surface area contributed by atoms with Crippen LogP contribution >= 0.6 is 15.9 Å². The van der Waals surface area contributed by atoms with Gasteiger partial charge >= 0.3 is 0 Å². The Balaban J connectivity index is 2.32. The van der Waals surface area contributed by atoms with E-state index in [1.807, 2.05) is 37.2 Å². The van der Waals surface area contributed by atoms with E-state index in [2.05, 4.69) is 22.0 Å². The summed E-state index contributed by atoms with van der Waals surface area (Å²) in [5.74, 6) is 1.21. The maximum atomic E-state index is 8.89. The molecule has 0 unspecified atom stereocenters. The van der Waals surface area contributed by atoms with Crippen LogP contribution in [0.3, 0.4) is 0 Å². The Kier molecular flexibility index (Phi) is 4.16. The fraction of sp³-hybridized carbons (Fsp3) is 0.133. The first kappa shape index (κ1) is 14.2. The van der Waals surface area contributed by atoms with Crippen molar-refractivity contribution in [1.82, 2.24) is 0 Å². The van der Waals surface area contributed by atoms with Gasteiger partial charge in [0.25, 0.3) is 0 Å². The van der Waals surface area contributed by atoms with E-state index < -0.39 is 0 Å². The lowest BCUT2D eigenvalue weighted by Gasteiger charge is -2.15. The molecule has 2 N–H and O–H groups in total. The second kappa shape index (κ2) is 5.85. The molecule has 102 valence electrons. The van der Waals surface area contributed by atoms with Gasteiger partial charge in [0, 0.05) is 30.3 Å². The molecule has 0 fully saturated rings. The second-order valence-corrected chi connectivity index (χ2v) is 5.33. The summed E-state index contributed by atoms with van der Waals surface area (Å²) in [7, 11) is 3.90. The molecule has 0 aliphatic rings. The van der Waals surface area contributed by atoms with Gasteiger partial charge in [0.2, 0.25) is 0 Å². The zero-order valence-electron chi connectivity index (χ0n) is 11.2. The fourth-order valence-electron chi connectivity index (χ4n) is 1.67. The van der Waals surface area contributed by atoms with Crippen LogP contribution < -0.4 is 15.4 Å². The molecule has 2 aromatic carbocycles. The van der Waals surface area contributed by atoms with Gasteiger partial charge in [0.15, 0.2) is 5.75 Å². The van der Waals surface area contributed by atoms with E-state index in [0.29, 0.717) is 27.2 Å². The first-order chi connectivity index (χ1) is 9.51. The summed E-state index contributed by atoms with van der Waals surface area (Å²) in [5, 5.41) is 8.89. The molecule has 0 heterocycles. The molecular formula is C15H14BrN3O. The summed E-state index contributed by atoms with van der Waals surface area (Å²) >= 11 is 3.33. The van der Waals surface area contributed by atoms with Crippen LogP contribution in [-0.4, -0.2) is 14.1 Å². The highest BCUT2D eigenvalue weighted by Gasteiger charge is 2.07. The number of rotatable bonds is 3. The molecule has 0 saturated heterocycles. The van der Waals surface area contributed by atoms with E-state index in [1.165, 1.54) is 0 Å². The summed E-state index contributed by atoms with van der Waals surface area (Å²) in [6.45, 7) is 0. The summed E-state index contributed by atoms with van der Waals surface area (Å²) in [6, 6.07) is 12.9. The molecule has 0 amide bonds. The van der Waals surface area contributed by atoms with Gasteiger partial charge in [-0.2, -0.15) is 5.26 Å². The van der Waals surface area contributed by atoms with Crippen LogP contribution in [0.2, 0.25) is 0 Å². The maximum absolute atomic E-state index is 8.89. The number of benzene rings is 2. The number of nitriles is 1. The highest BCUT2D eigenvalue weighted by Crippen LogP contribution is 2.32. The van der Waals surface area contributed by atoms with Gasteiger partial charge in [-0.15, -0.1) is 0 Å². The standard InChI is InChI=1S/C15H14BrN3O/c1-19(2)11-4-6-14(18)15(7-11)20-12-5-3-10(9-17)13(16)8-12/h3-8H,18H2,1-2H3. The number of hydrogen-bond acceptors (Lipinski definition) is 4. The van der Waals surface area contributed by atoms with E-state index in [9.17, 15) is 0 Å². The lowest BCUT2D eigenvalue weighted by molar-refractivity contribution is 0.484. The van der Waals surface area contributed by atoms with Crippen LogP contribution in [0.1, 0.15) is 5.56 Å². The predicted molar refractivity (Wildman–Crippen MR) is 84.1 cm³/mol. The third-order valence-electron chi connectivity index (χ3n) is 2.80. The third kappa shape index (κ3) is 3.03. The van der Waals surface area contributed by atoms with E-state index in [-0.39, 0.29) is 0 Å². The normalized spacial score (nSPS) is 9.90. The molecule has 0 bridgehead atoms. The first-order valence-electron chi connectivity index (χ1n) is 5.95. The maximum Gasteiger partial charge on any atom is 0.152 e. The van der Waals surface area contributed by atoms with E-state index in [4.69, 9.17) is 15.7 Å². The van der Waals surface area contributed by atoms with E-state index in [1.54, 1.807) is 18.2 Å². The molecule has 0 aliphatic heterocycles. The molecule has 0 spiro atoms. The second-order valence-electron chi connectivity index (χ2n) is 4.47. The van der Waals surface area contributed by atoms with Gasteiger partial charge in [-0.3, -0.25) is 0 Å². The average Bonchev–Trinajstić information content (AvgIpc) is 2.41. The molecule has 20 heavy (non-hydrogen) atoms. The molecular weight excluding hydrogens is 318 g/mol. The average molecular weight is 332 g/mol. The molecule has 0 radical (unpaired) electrons. The molecule has 0 atom stereocenters. The smallest absolute Gasteiger partial charge is 0.152 e. The molecule has 0 aliphatic carbocycles. The van der Waals surface area contributed by atoms with Crippen molar-refractivity contribution < 1.29 is 4.74 Å². The van der Waals surface area contributed by atoms with Crippen LogP contribution in [0.5, 0.6) is 11.5 Å². The number of hydrogen-bond donors (Lipinski definition) is 1. The SMILES string of the molecule is CN(C)c1ccc(N)c(Oc2ccc(C#N)c(Br)c2)c1. The van der Waals surface area contributed by atoms with Gasteiger partial charge < -0.3 is 15.4 Å². The molecule has 4 nitrogen and oxygen atoms in total. The lowest BCUT2D eigenvalue weighted by atomic mass is 10.2. The number of nitrogen functional groups attached to an aromatic ring is 1. The number of halogens is 1. The summed E-state index contributed by atoms with van der Waals surface area (Å²) in [4.78, 5) is 1.97. The predicted octanol–water partition coefficient (Wildman–Crippen LogP) is 3.76. The van der Waals surface area contributed by atoms with Crippen LogP contribution in [0.15, 0.2) is 40.9 Å². The number of anilines is 2. The quantitative estimate of drug-likeness (QED) is 0.870. The third-order valence-corrected chi connectivity index (χ3v) is 3.46. The first-order valence-corrected chi connectivity index (χ1v) is 6.75.